The fourth-order valence-electron chi connectivity index (χ4n) is 3.53. The maximum absolute atomic E-state index is 12.9. The van der Waals surface area contributed by atoms with Crippen molar-refractivity contribution in [3.05, 3.63) is 91.0 Å². The summed E-state index contributed by atoms with van der Waals surface area (Å²) in [5.74, 6) is -0.141. The second kappa shape index (κ2) is 8.29. The van der Waals surface area contributed by atoms with Gasteiger partial charge < -0.3 is 4.74 Å². The van der Waals surface area contributed by atoms with Crippen LogP contribution in [0.2, 0.25) is 0 Å². The van der Waals surface area contributed by atoms with E-state index in [9.17, 15) is 4.79 Å². The van der Waals surface area contributed by atoms with Crippen LogP contribution in [-0.2, 0) is 9.53 Å². The lowest BCUT2D eigenvalue weighted by molar-refractivity contribution is -0.142. The third-order valence-electron chi connectivity index (χ3n) is 4.70. The van der Waals surface area contributed by atoms with Crippen molar-refractivity contribution in [3.63, 3.8) is 0 Å². The van der Waals surface area contributed by atoms with Crippen LogP contribution in [0.1, 0.15) is 13.8 Å². The van der Waals surface area contributed by atoms with E-state index in [4.69, 9.17) is 4.74 Å². The maximum Gasteiger partial charge on any atom is 0.347 e. The van der Waals surface area contributed by atoms with Gasteiger partial charge in [0.15, 0.2) is 5.66 Å². The highest BCUT2D eigenvalue weighted by Gasteiger charge is 2.54. The van der Waals surface area contributed by atoms with Gasteiger partial charge in [-0.15, -0.1) is 0 Å². The molecule has 0 aromatic heterocycles. The largest absolute Gasteiger partial charge is 0.463 e. The predicted octanol–water partition coefficient (Wildman–Crippen LogP) is 3.93. The fraction of sp³-hybridized carbons (Fsp3) is 0.174. The standard InChI is InChI=1S/C23H24O2P/c1-3-25-23(24)19(2)26(20-13-7-4-8-14-20,21-15-9-5-10-16-21)22-17-11-6-12-18-22/h4-19H,3H2,1-2H3/q+1/t19-/m1/s1. The molecule has 0 aliphatic carbocycles. The molecule has 1 atom stereocenters. The molecule has 0 N–H and O–H groups in total. The fourth-order valence-corrected chi connectivity index (χ4v) is 8.08. The molecule has 0 unspecified atom stereocenters. The number of hydrogen-bond acceptors (Lipinski definition) is 2. The molecule has 3 aromatic rings. The zero-order valence-electron chi connectivity index (χ0n) is 15.2. The van der Waals surface area contributed by atoms with E-state index >= 15 is 0 Å². The molecule has 3 aromatic carbocycles. The Kier molecular flexibility index (Phi) is 5.85. The number of ether oxygens (including phenoxy) is 1. The number of carbonyl (C=O) groups excluding carboxylic acids is 1. The summed E-state index contributed by atoms with van der Waals surface area (Å²) in [5.41, 5.74) is -0.269. The van der Waals surface area contributed by atoms with Crippen molar-refractivity contribution in [3.8, 4) is 0 Å². The minimum Gasteiger partial charge on any atom is -0.463 e. The van der Waals surface area contributed by atoms with Gasteiger partial charge >= 0.3 is 5.97 Å². The highest BCUT2D eigenvalue weighted by Crippen LogP contribution is 2.59. The first-order valence-electron chi connectivity index (χ1n) is 8.93. The van der Waals surface area contributed by atoms with E-state index in [1.807, 2.05) is 68.4 Å². The Labute approximate surface area is 156 Å². The molecule has 0 heterocycles. The molecule has 2 nitrogen and oxygen atoms in total. The molecule has 0 amide bonds. The number of esters is 1. The van der Waals surface area contributed by atoms with Gasteiger partial charge in [0.1, 0.15) is 23.2 Å². The molecule has 26 heavy (non-hydrogen) atoms. The normalized spacial score (nSPS) is 12.4. The first-order chi connectivity index (χ1) is 12.7. The van der Waals surface area contributed by atoms with Crippen molar-refractivity contribution >= 4 is 29.1 Å². The molecule has 0 bridgehead atoms. The molecule has 0 saturated carbocycles. The van der Waals surface area contributed by atoms with Crippen molar-refractivity contribution in [1.29, 1.82) is 0 Å². The van der Waals surface area contributed by atoms with Crippen LogP contribution in [0, 0.1) is 0 Å². The van der Waals surface area contributed by atoms with Crippen molar-refractivity contribution in [2.75, 3.05) is 6.61 Å². The minimum atomic E-state index is -2.20. The molecular formula is C23H24O2P+. The average Bonchev–Trinajstić information content (AvgIpc) is 2.71. The van der Waals surface area contributed by atoms with Gasteiger partial charge in [-0.3, -0.25) is 0 Å². The molecule has 3 rings (SSSR count). The highest BCUT2D eigenvalue weighted by atomic mass is 31.2. The maximum atomic E-state index is 12.9. The lowest BCUT2D eigenvalue weighted by Crippen LogP contribution is -2.41. The van der Waals surface area contributed by atoms with Crippen LogP contribution in [0.25, 0.3) is 0 Å². The van der Waals surface area contributed by atoms with Gasteiger partial charge in [0.05, 0.1) is 6.61 Å². The summed E-state index contributed by atoms with van der Waals surface area (Å²) in [6.45, 7) is 4.26. The van der Waals surface area contributed by atoms with E-state index in [1.54, 1.807) is 0 Å². The Morgan fingerprint density at radius 3 is 1.42 bits per heavy atom. The van der Waals surface area contributed by atoms with Crippen LogP contribution in [0.15, 0.2) is 91.0 Å². The second-order valence-corrected chi connectivity index (χ2v) is 9.93. The van der Waals surface area contributed by atoms with E-state index in [-0.39, 0.29) is 11.6 Å². The lowest BCUT2D eigenvalue weighted by atomic mass is 10.3. The first-order valence-corrected chi connectivity index (χ1v) is 10.8. The van der Waals surface area contributed by atoms with Crippen molar-refractivity contribution in [2.24, 2.45) is 0 Å². The van der Waals surface area contributed by atoms with E-state index in [0.717, 1.165) is 0 Å². The number of carbonyl (C=O) groups is 1. The molecule has 132 valence electrons. The lowest BCUT2D eigenvalue weighted by Gasteiger charge is -2.31. The van der Waals surface area contributed by atoms with E-state index in [1.165, 1.54) is 15.9 Å². The van der Waals surface area contributed by atoms with Gasteiger partial charge in [-0.1, -0.05) is 54.6 Å². The van der Waals surface area contributed by atoms with Crippen LogP contribution in [0.4, 0.5) is 0 Å². The van der Waals surface area contributed by atoms with Crippen LogP contribution < -0.4 is 15.9 Å². The average molecular weight is 363 g/mol. The summed E-state index contributed by atoms with van der Waals surface area (Å²) < 4.78 is 5.46. The van der Waals surface area contributed by atoms with E-state index in [2.05, 4.69) is 36.4 Å². The molecule has 0 aliphatic rings. The quantitative estimate of drug-likeness (QED) is 0.490. The molecule has 0 aliphatic heterocycles. The summed E-state index contributed by atoms with van der Waals surface area (Å²) >= 11 is 0. The summed E-state index contributed by atoms with van der Waals surface area (Å²) in [6.07, 6.45) is 0. The minimum absolute atomic E-state index is 0.141. The van der Waals surface area contributed by atoms with Crippen LogP contribution in [0.5, 0.6) is 0 Å². The molecule has 0 spiro atoms. The first kappa shape index (κ1) is 18.4. The van der Waals surface area contributed by atoms with Gasteiger partial charge in [-0.2, -0.15) is 0 Å². The topological polar surface area (TPSA) is 26.3 Å². The predicted molar refractivity (Wildman–Crippen MR) is 111 cm³/mol. The molecule has 3 heteroatoms. The third-order valence-corrected chi connectivity index (χ3v) is 9.41. The highest BCUT2D eigenvalue weighted by molar-refractivity contribution is 7.96. The van der Waals surface area contributed by atoms with Gasteiger partial charge in [0.2, 0.25) is 0 Å². The zero-order chi connectivity index (χ0) is 18.4. The summed E-state index contributed by atoms with van der Waals surface area (Å²) in [7, 11) is -2.20. The molecule has 0 fully saturated rings. The Morgan fingerprint density at radius 2 is 1.12 bits per heavy atom. The third kappa shape index (κ3) is 3.30. The van der Waals surface area contributed by atoms with Crippen LogP contribution in [0.3, 0.4) is 0 Å². The van der Waals surface area contributed by atoms with E-state index < -0.39 is 7.26 Å². The monoisotopic (exact) mass is 363 g/mol. The number of hydrogen-bond donors (Lipinski definition) is 0. The molecule has 0 radical (unpaired) electrons. The zero-order valence-corrected chi connectivity index (χ0v) is 16.1. The second-order valence-electron chi connectivity index (χ2n) is 6.16. The van der Waals surface area contributed by atoms with Gasteiger partial charge in [-0.05, 0) is 50.2 Å². The van der Waals surface area contributed by atoms with Gasteiger partial charge in [0.25, 0.3) is 0 Å². The van der Waals surface area contributed by atoms with Gasteiger partial charge in [-0.25, -0.2) is 4.79 Å². The summed E-state index contributed by atoms with van der Waals surface area (Å²) in [6, 6.07) is 31.2. The summed E-state index contributed by atoms with van der Waals surface area (Å²) in [4.78, 5) is 12.9. The van der Waals surface area contributed by atoms with Crippen molar-refractivity contribution in [2.45, 2.75) is 19.5 Å². The Balaban J connectivity index is 2.33. The smallest absolute Gasteiger partial charge is 0.347 e. The van der Waals surface area contributed by atoms with Crippen molar-refractivity contribution < 1.29 is 9.53 Å². The summed E-state index contributed by atoms with van der Waals surface area (Å²) in [5, 5.41) is 3.58. The van der Waals surface area contributed by atoms with Crippen LogP contribution >= 0.6 is 7.26 Å². The Bertz CT molecular complexity index is 735. The van der Waals surface area contributed by atoms with E-state index in [0.29, 0.717) is 6.61 Å². The van der Waals surface area contributed by atoms with Gasteiger partial charge in [0, 0.05) is 0 Å². The van der Waals surface area contributed by atoms with Crippen molar-refractivity contribution in [1.82, 2.24) is 0 Å². The molecular weight excluding hydrogens is 339 g/mol. The Morgan fingerprint density at radius 1 is 0.769 bits per heavy atom. The molecule has 0 saturated heterocycles. The Hall–Kier alpha value is -2.44. The van der Waals surface area contributed by atoms with Crippen LogP contribution in [-0.4, -0.2) is 18.2 Å². The number of rotatable bonds is 6. The SMILES string of the molecule is CCOC(=O)[C@@H](C)[P+](c1ccccc1)(c1ccccc1)c1ccccc1. The number of benzene rings is 3.